The first-order valence-corrected chi connectivity index (χ1v) is 11.5. The fourth-order valence-electron chi connectivity index (χ4n) is 6.64. The summed E-state index contributed by atoms with van der Waals surface area (Å²) in [5.74, 6) is -0.0550. The van der Waals surface area contributed by atoms with Gasteiger partial charge in [0.1, 0.15) is 17.5 Å². The number of benzene rings is 1. The van der Waals surface area contributed by atoms with Gasteiger partial charge >= 0.3 is 0 Å². The molecule has 0 radical (unpaired) electrons. The molecule has 2 bridgehead atoms. The molecule has 2 aliphatic carbocycles. The number of rotatable bonds is 3. The van der Waals surface area contributed by atoms with Crippen molar-refractivity contribution >= 4 is 5.82 Å². The lowest BCUT2D eigenvalue weighted by atomic mass is 9.64. The van der Waals surface area contributed by atoms with Crippen molar-refractivity contribution in [2.24, 2.45) is 5.41 Å². The first-order chi connectivity index (χ1) is 15.9. The Hall–Kier alpha value is -2.93. The number of ether oxygens (including phenoxy) is 1. The van der Waals surface area contributed by atoms with Crippen molar-refractivity contribution in [3.05, 3.63) is 71.6 Å². The fourth-order valence-corrected chi connectivity index (χ4v) is 6.64. The van der Waals surface area contributed by atoms with Crippen molar-refractivity contribution in [3.8, 4) is 11.3 Å². The predicted molar refractivity (Wildman–Crippen MR) is 121 cm³/mol. The molecule has 1 aromatic carbocycles. The maximum Gasteiger partial charge on any atom is 0.135 e. The Morgan fingerprint density at radius 2 is 1.88 bits per heavy atom. The van der Waals surface area contributed by atoms with E-state index in [9.17, 15) is 8.78 Å². The van der Waals surface area contributed by atoms with E-state index >= 15 is 0 Å². The average molecular weight is 449 g/mol. The monoisotopic (exact) mass is 448 g/mol. The topological polar surface area (TPSA) is 51.1 Å². The molecule has 5 nitrogen and oxygen atoms in total. The van der Waals surface area contributed by atoms with E-state index in [1.807, 2.05) is 30.5 Å². The number of fused-ring (bicyclic) bond motifs is 5. The lowest BCUT2D eigenvalue weighted by molar-refractivity contribution is -0.0467. The van der Waals surface area contributed by atoms with Crippen LogP contribution in [0.15, 0.2) is 48.7 Å². The van der Waals surface area contributed by atoms with Gasteiger partial charge in [0.15, 0.2) is 0 Å². The highest BCUT2D eigenvalue weighted by Gasteiger charge is 2.67. The zero-order valence-corrected chi connectivity index (χ0v) is 18.8. The molecule has 3 atom stereocenters. The van der Waals surface area contributed by atoms with E-state index in [0.717, 1.165) is 43.0 Å². The van der Waals surface area contributed by atoms with Crippen LogP contribution in [0.2, 0.25) is 0 Å². The Bertz CT molecular complexity index is 1200. The van der Waals surface area contributed by atoms with Crippen LogP contribution in [0.4, 0.5) is 14.6 Å². The number of anilines is 1. The van der Waals surface area contributed by atoms with Gasteiger partial charge in [-0.25, -0.2) is 13.8 Å². The highest BCUT2D eigenvalue weighted by molar-refractivity contribution is 5.63. The van der Waals surface area contributed by atoms with Gasteiger partial charge in [0.2, 0.25) is 0 Å². The second-order valence-corrected chi connectivity index (χ2v) is 9.91. The summed E-state index contributed by atoms with van der Waals surface area (Å²) in [6, 6.07) is 11.7. The summed E-state index contributed by atoms with van der Waals surface area (Å²) in [4.78, 5) is 6.81. The van der Waals surface area contributed by atoms with Gasteiger partial charge < -0.3 is 9.64 Å². The Balaban J connectivity index is 1.43. The van der Waals surface area contributed by atoms with Gasteiger partial charge in [-0.2, -0.15) is 10.2 Å². The van der Waals surface area contributed by atoms with E-state index in [4.69, 9.17) is 4.74 Å². The minimum atomic E-state index is -0.622. The van der Waals surface area contributed by atoms with Crippen molar-refractivity contribution in [2.45, 2.75) is 44.1 Å². The number of hydrogen-bond acceptors (Lipinski definition) is 5. The second-order valence-electron chi connectivity index (χ2n) is 9.91. The molecule has 1 aliphatic heterocycles. The number of aromatic nitrogens is 3. The maximum absolute atomic E-state index is 14.5. The molecule has 170 valence electrons. The number of pyridine rings is 1. The quantitative estimate of drug-likeness (QED) is 0.572. The summed E-state index contributed by atoms with van der Waals surface area (Å²) in [7, 11) is 0. The van der Waals surface area contributed by atoms with Crippen molar-refractivity contribution in [1.82, 2.24) is 15.2 Å². The standard InChI is InChI=1S/C26H26F2N4O/c1-25(2)17-9-10-26(25,21-15-32(12-13-33-21)22-8-3-4-11-29-22)24-16(17)14-20(30-31-24)23-18(27)6-5-7-19(23)28/h3-8,11,14,17,21H,9-10,12-13,15H2,1-2H3/t17-,21-,26-/m0/s1. The predicted octanol–water partition coefficient (Wildman–Crippen LogP) is 4.88. The van der Waals surface area contributed by atoms with Gasteiger partial charge in [0.25, 0.3) is 0 Å². The van der Waals surface area contributed by atoms with E-state index in [0.29, 0.717) is 6.61 Å². The first kappa shape index (κ1) is 20.7. The van der Waals surface area contributed by atoms with Crippen molar-refractivity contribution in [3.63, 3.8) is 0 Å². The van der Waals surface area contributed by atoms with Crippen LogP contribution in [0.1, 0.15) is 43.9 Å². The minimum Gasteiger partial charge on any atom is -0.374 e. The third kappa shape index (κ3) is 2.81. The molecule has 1 saturated carbocycles. The molecular weight excluding hydrogens is 422 g/mol. The zero-order chi connectivity index (χ0) is 22.8. The highest BCUT2D eigenvalue weighted by atomic mass is 19.1. The maximum atomic E-state index is 14.5. The smallest absolute Gasteiger partial charge is 0.135 e. The number of nitrogens with zero attached hydrogens (tertiary/aromatic N) is 4. The van der Waals surface area contributed by atoms with Crippen molar-refractivity contribution < 1.29 is 13.5 Å². The third-order valence-electron chi connectivity index (χ3n) is 8.28. The second kappa shape index (κ2) is 7.29. The van der Waals surface area contributed by atoms with Gasteiger partial charge in [0.05, 0.1) is 29.7 Å². The molecule has 1 saturated heterocycles. The summed E-state index contributed by atoms with van der Waals surface area (Å²) >= 11 is 0. The third-order valence-corrected chi connectivity index (χ3v) is 8.28. The molecule has 0 spiro atoms. The lowest BCUT2D eigenvalue weighted by Gasteiger charge is -2.47. The molecular formula is C26H26F2N4O. The number of halogens is 2. The largest absolute Gasteiger partial charge is 0.374 e. The van der Waals surface area contributed by atoms with Crippen LogP contribution in [0.3, 0.4) is 0 Å². The fraction of sp³-hybridized carbons (Fsp3) is 0.423. The van der Waals surface area contributed by atoms with Crippen LogP contribution in [-0.4, -0.2) is 41.0 Å². The van der Waals surface area contributed by atoms with Crippen LogP contribution >= 0.6 is 0 Å². The normalized spacial score (nSPS) is 27.6. The summed E-state index contributed by atoms with van der Waals surface area (Å²) in [5, 5.41) is 8.98. The Morgan fingerprint density at radius 1 is 1.06 bits per heavy atom. The van der Waals surface area contributed by atoms with Gasteiger partial charge in [-0.3, -0.25) is 0 Å². The molecule has 0 amide bonds. The van der Waals surface area contributed by atoms with E-state index in [2.05, 4.69) is 33.9 Å². The van der Waals surface area contributed by atoms with Crippen LogP contribution in [-0.2, 0) is 10.2 Å². The van der Waals surface area contributed by atoms with Gasteiger partial charge in [-0.15, -0.1) is 0 Å². The van der Waals surface area contributed by atoms with Crippen molar-refractivity contribution in [2.75, 3.05) is 24.6 Å². The lowest BCUT2D eigenvalue weighted by Crippen LogP contribution is -2.56. The van der Waals surface area contributed by atoms with Gasteiger partial charge in [-0.05, 0) is 60.1 Å². The minimum absolute atomic E-state index is 0.0696. The van der Waals surface area contributed by atoms with E-state index in [1.165, 1.54) is 18.2 Å². The summed E-state index contributed by atoms with van der Waals surface area (Å²) in [6.07, 6.45) is 3.70. The first-order valence-electron chi connectivity index (χ1n) is 11.5. The molecule has 3 aromatic rings. The molecule has 33 heavy (non-hydrogen) atoms. The highest BCUT2D eigenvalue weighted by Crippen LogP contribution is 2.69. The Morgan fingerprint density at radius 3 is 2.64 bits per heavy atom. The summed E-state index contributed by atoms with van der Waals surface area (Å²) < 4.78 is 35.3. The molecule has 2 fully saturated rings. The SMILES string of the molecule is CC1(C)[C@H]2CC[C@]1([C@@H]1CN(c3ccccn3)CCO1)c1nnc(-c3c(F)cccc3F)cc12. The van der Waals surface area contributed by atoms with Crippen LogP contribution in [0.25, 0.3) is 11.3 Å². The van der Waals surface area contributed by atoms with Crippen LogP contribution in [0, 0.1) is 17.0 Å². The Labute approximate surface area is 191 Å². The zero-order valence-electron chi connectivity index (χ0n) is 18.8. The van der Waals surface area contributed by atoms with Crippen LogP contribution in [0.5, 0.6) is 0 Å². The number of morpholine rings is 1. The van der Waals surface area contributed by atoms with Crippen LogP contribution < -0.4 is 4.90 Å². The molecule has 6 rings (SSSR count). The van der Waals surface area contributed by atoms with Gasteiger partial charge in [0, 0.05) is 24.7 Å². The summed E-state index contributed by atoms with van der Waals surface area (Å²) in [5.41, 5.74) is 1.70. The van der Waals surface area contributed by atoms with E-state index < -0.39 is 11.6 Å². The molecule has 2 aromatic heterocycles. The molecule has 3 heterocycles. The van der Waals surface area contributed by atoms with Crippen molar-refractivity contribution in [1.29, 1.82) is 0 Å². The van der Waals surface area contributed by atoms with Gasteiger partial charge in [-0.1, -0.05) is 26.0 Å². The molecule has 0 N–H and O–H groups in total. The summed E-state index contributed by atoms with van der Waals surface area (Å²) in [6.45, 7) is 6.68. The Kier molecular flexibility index (Phi) is 4.56. The molecule has 0 unspecified atom stereocenters. The number of hydrogen-bond donors (Lipinski definition) is 0. The van der Waals surface area contributed by atoms with E-state index in [1.54, 1.807) is 0 Å². The van der Waals surface area contributed by atoms with E-state index in [-0.39, 0.29) is 34.1 Å². The average Bonchev–Trinajstić information content (AvgIpc) is 3.21. The molecule has 3 aliphatic rings. The molecule has 7 heteroatoms.